The van der Waals surface area contributed by atoms with E-state index in [4.69, 9.17) is 4.74 Å². The second kappa shape index (κ2) is 5.25. The van der Waals surface area contributed by atoms with Crippen LogP contribution in [-0.2, 0) is 4.74 Å². The van der Waals surface area contributed by atoms with Crippen LogP contribution in [0, 0.1) is 5.41 Å². The molecule has 0 unspecified atom stereocenters. The quantitative estimate of drug-likeness (QED) is 0.771. The molecule has 1 N–H and O–H groups in total. The molecular weight excluding hydrogens is 216 g/mol. The van der Waals surface area contributed by atoms with Gasteiger partial charge in [0.25, 0.3) is 0 Å². The van der Waals surface area contributed by atoms with Crippen molar-refractivity contribution in [2.24, 2.45) is 5.41 Å². The van der Waals surface area contributed by atoms with Gasteiger partial charge in [-0.05, 0) is 25.2 Å². The lowest BCUT2D eigenvalue weighted by atomic mass is 9.73. The summed E-state index contributed by atoms with van der Waals surface area (Å²) in [6.45, 7) is 10.8. The summed E-state index contributed by atoms with van der Waals surface area (Å²) in [7, 11) is 1.64. The average molecular weight is 242 g/mol. The van der Waals surface area contributed by atoms with Crippen molar-refractivity contribution in [2.45, 2.75) is 46.1 Å². The van der Waals surface area contributed by atoms with Crippen LogP contribution in [0.2, 0.25) is 0 Å². The first-order valence-electron chi connectivity index (χ1n) is 6.37. The first kappa shape index (κ1) is 14.3. The Bertz CT molecular complexity index is 273. The van der Waals surface area contributed by atoms with Crippen molar-refractivity contribution >= 4 is 6.03 Å². The number of urea groups is 1. The van der Waals surface area contributed by atoms with Gasteiger partial charge in [-0.3, -0.25) is 0 Å². The van der Waals surface area contributed by atoms with Crippen molar-refractivity contribution in [2.75, 3.05) is 26.8 Å². The number of hydrogen-bond donors (Lipinski definition) is 1. The molecule has 0 bridgehead atoms. The molecule has 0 spiro atoms. The molecule has 0 aromatic carbocycles. The van der Waals surface area contributed by atoms with E-state index in [1.54, 1.807) is 7.11 Å². The smallest absolute Gasteiger partial charge is 0.317 e. The topological polar surface area (TPSA) is 41.6 Å². The lowest BCUT2D eigenvalue weighted by molar-refractivity contribution is 0.0668. The SMILES string of the molecule is COCCNC(=O)N1CCC[C@@]1(C)C(C)(C)C. The molecule has 1 fully saturated rings. The largest absolute Gasteiger partial charge is 0.383 e. The number of nitrogens with one attached hydrogen (secondary N) is 1. The Hall–Kier alpha value is -0.770. The van der Waals surface area contributed by atoms with Gasteiger partial charge >= 0.3 is 6.03 Å². The summed E-state index contributed by atoms with van der Waals surface area (Å²) in [6.07, 6.45) is 2.17. The number of likely N-dealkylation sites (tertiary alicyclic amines) is 1. The van der Waals surface area contributed by atoms with E-state index in [1.165, 1.54) is 0 Å². The van der Waals surface area contributed by atoms with Crippen LogP contribution in [0.3, 0.4) is 0 Å². The minimum Gasteiger partial charge on any atom is -0.383 e. The molecular formula is C13H26N2O2. The van der Waals surface area contributed by atoms with Gasteiger partial charge in [0.1, 0.15) is 0 Å². The van der Waals surface area contributed by atoms with Gasteiger partial charge in [0, 0.05) is 25.7 Å². The fourth-order valence-electron chi connectivity index (χ4n) is 2.42. The third-order valence-corrected chi connectivity index (χ3v) is 4.08. The molecule has 0 aliphatic carbocycles. The number of ether oxygens (including phenoxy) is 1. The number of carbonyl (C=O) groups is 1. The van der Waals surface area contributed by atoms with Crippen LogP contribution in [0.4, 0.5) is 4.79 Å². The lowest BCUT2D eigenvalue weighted by Gasteiger charge is -2.45. The standard InChI is InChI=1S/C13H26N2O2/c1-12(2,3)13(4)7-6-9-15(13)11(16)14-8-10-17-5/h6-10H2,1-5H3,(H,14,16)/t13-/m0/s1. The number of amides is 2. The molecule has 4 heteroatoms. The van der Waals surface area contributed by atoms with Crippen molar-refractivity contribution in [3.63, 3.8) is 0 Å². The number of nitrogens with zero attached hydrogens (tertiary/aromatic N) is 1. The summed E-state index contributed by atoms with van der Waals surface area (Å²) < 4.78 is 4.94. The van der Waals surface area contributed by atoms with Crippen LogP contribution < -0.4 is 5.32 Å². The van der Waals surface area contributed by atoms with Gasteiger partial charge in [0.05, 0.1) is 6.61 Å². The normalized spacial score (nSPS) is 25.1. The molecule has 4 nitrogen and oxygen atoms in total. The molecule has 0 saturated carbocycles. The summed E-state index contributed by atoms with van der Waals surface area (Å²) >= 11 is 0. The van der Waals surface area contributed by atoms with Crippen LogP contribution in [0.15, 0.2) is 0 Å². The third kappa shape index (κ3) is 2.92. The van der Waals surface area contributed by atoms with Crippen molar-refractivity contribution in [1.29, 1.82) is 0 Å². The number of carbonyl (C=O) groups excluding carboxylic acids is 1. The zero-order valence-corrected chi connectivity index (χ0v) is 11.8. The minimum absolute atomic E-state index is 0.0389. The molecule has 17 heavy (non-hydrogen) atoms. The lowest BCUT2D eigenvalue weighted by Crippen LogP contribution is -2.56. The maximum atomic E-state index is 12.1. The van der Waals surface area contributed by atoms with Crippen LogP contribution in [-0.4, -0.2) is 43.3 Å². The molecule has 0 aromatic heterocycles. The molecule has 1 atom stereocenters. The highest BCUT2D eigenvalue weighted by molar-refractivity contribution is 5.75. The van der Waals surface area contributed by atoms with E-state index >= 15 is 0 Å². The molecule has 1 aliphatic rings. The summed E-state index contributed by atoms with van der Waals surface area (Å²) in [4.78, 5) is 14.1. The van der Waals surface area contributed by atoms with Gasteiger partial charge in [0.2, 0.25) is 0 Å². The van der Waals surface area contributed by atoms with Gasteiger partial charge in [0.15, 0.2) is 0 Å². The van der Waals surface area contributed by atoms with Gasteiger partial charge in [-0.25, -0.2) is 4.79 Å². The Morgan fingerprint density at radius 1 is 1.47 bits per heavy atom. The Kier molecular flexibility index (Phi) is 4.42. The van der Waals surface area contributed by atoms with Crippen LogP contribution in [0.25, 0.3) is 0 Å². The zero-order valence-electron chi connectivity index (χ0n) is 11.8. The van der Waals surface area contributed by atoms with Gasteiger partial charge < -0.3 is 15.0 Å². The molecule has 1 saturated heterocycles. The van der Waals surface area contributed by atoms with E-state index in [1.807, 2.05) is 4.90 Å². The zero-order chi connectivity index (χ0) is 13.1. The predicted molar refractivity (Wildman–Crippen MR) is 69.1 cm³/mol. The fraction of sp³-hybridized carbons (Fsp3) is 0.923. The predicted octanol–water partition coefficient (Wildman–Crippen LogP) is 2.24. The molecule has 0 aromatic rings. The summed E-state index contributed by atoms with van der Waals surface area (Å²) in [6, 6.07) is 0.0389. The van der Waals surface area contributed by atoms with E-state index in [2.05, 4.69) is 33.0 Å². The van der Waals surface area contributed by atoms with E-state index < -0.39 is 0 Å². The van der Waals surface area contributed by atoms with Gasteiger partial charge in [-0.15, -0.1) is 0 Å². The van der Waals surface area contributed by atoms with Gasteiger partial charge in [-0.1, -0.05) is 20.8 Å². The molecule has 2 amide bonds. The molecule has 100 valence electrons. The molecule has 1 rings (SSSR count). The second-order valence-electron chi connectivity index (χ2n) is 6.00. The Labute approximate surface area is 105 Å². The summed E-state index contributed by atoms with van der Waals surface area (Å²) in [5.41, 5.74) is 0.0479. The third-order valence-electron chi connectivity index (χ3n) is 4.08. The maximum absolute atomic E-state index is 12.1. The Morgan fingerprint density at radius 3 is 2.65 bits per heavy atom. The van der Waals surface area contributed by atoms with Crippen molar-refractivity contribution in [3.8, 4) is 0 Å². The van der Waals surface area contributed by atoms with Crippen molar-refractivity contribution in [3.05, 3.63) is 0 Å². The highest BCUT2D eigenvalue weighted by Crippen LogP contribution is 2.43. The summed E-state index contributed by atoms with van der Waals surface area (Å²) in [5, 5.41) is 2.91. The van der Waals surface area contributed by atoms with E-state index in [0.717, 1.165) is 19.4 Å². The number of rotatable bonds is 3. The monoisotopic (exact) mass is 242 g/mol. The Morgan fingerprint density at radius 2 is 2.12 bits per heavy atom. The first-order valence-corrected chi connectivity index (χ1v) is 6.37. The van der Waals surface area contributed by atoms with Crippen LogP contribution in [0.1, 0.15) is 40.5 Å². The summed E-state index contributed by atoms with van der Waals surface area (Å²) in [5.74, 6) is 0. The van der Waals surface area contributed by atoms with Crippen molar-refractivity contribution in [1.82, 2.24) is 10.2 Å². The minimum atomic E-state index is -0.0514. The molecule has 1 aliphatic heterocycles. The van der Waals surface area contributed by atoms with E-state index in [0.29, 0.717) is 13.2 Å². The molecule has 0 radical (unpaired) electrons. The number of hydrogen-bond acceptors (Lipinski definition) is 2. The number of methoxy groups -OCH3 is 1. The molecule has 1 heterocycles. The van der Waals surface area contributed by atoms with E-state index in [9.17, 15) is 4.79 Å². The van der Waals surface area contributed by atoms with Crippen LogP contribution in [0.5, 0.6) is 0 Å². The highest BCUT2D eigenvalue weighted by Gasteiger charge is 2.47. The average Bonchev–Trinajstić information content (AvgIpc) is 2.61. The van der Waals surface area contributed by atoms with Crippen LogP contribution >= 0.6 is 0 Å². The van der Waals surface area contributed by atoms with Gasteiger partial charge in [-0.2, -0.15) is 0 Å². The Balaban J connectivity index is 2.66. The first-order chi connectivity index (χ1) is 7.83. The van der Waals surface area contributed by atoms with E-state index in [-0.39, 0.29) is 17.0 Å². The second-order valence-corrected chi connectivity index (χ2v) is 6.00. The maximum Gasteiger partial charge on any atom is 0.317 e. The van der Waals surface area contributed by atoms with Crippen molar-refractivity contribution < 1.29 is 9.53 Å². The fourth-order valence-corrected chi connectivity index (χ4v) is 2.42. The highest BCUT2D eigenvalue weighted by atomic mass is 16.5.